The van der Waals surface area contributed by atoms with Crippen molar-refractivity contribution in [2.24, 2.45) is 0 Å². The summed E-state index contributed by atoms with van der Waals surface area (Å²) in [5.41, 5.74) is 2.04. The summed E-state index contributed by atoms with van der Waals surface area (Å²) in [6.45, 7) is 4.05. The summed E-state index contributed by atoms with van der Waals surface area (Å²) >= 11 is 1.82. The highest BCUT2D eigenvalue weighted by Crippen LogP contribution is 2.26. The maximum Gasteiger partial charge on any atom is 0.337 e. The van der Waals surface area contributed by atoms with E-state index in [0.29, 0.717) is 30.9 Å². The minimum Gasteiger partial charge on any atom is -0.465 e. The molecule has 168 valence electrons. The zero-order valence-corrected chi connectivity index (χ0v) is 18.9. The molecule has 2 amide bonds. The van der Waals surface area contributed by atoms with E-state index in [9.17, 15) is 14.0 Å². The van der Waals surface area contributed by atoms with Crippen LogP contribution in [0.5, 0.6) is 0 Å². The number of anilines is 1. The quantitative estimate of drug-likeness (QED) is 0.540. The number of aryl methyl sites for hydroxylation is 1. The number of aromatic nitrogens is 2. The molecule has 1 saturated heterocycles. The van der Waals surface area contributed by atoms with Crippen LogP contribution in [0, 0.1) is 5.82 Å². The van der Waals surface area contributed by atoms with Crippen molar-refractivity contribution in [3.05, 3.63) is 59.5 Å². The fourth-order valence-corrected chi connectivity index (χ4v) is 4.67. The van der Waals surface area contributed by atoms with Gasteiger partial charge in [0.25, 0.3) is 0 Å². The number of methoxy groups -OCH3 is 1. The molecule has 0 unspecified atom stereocenters. The van der Waals surface area contributed by atoms with Crippen LogP contribution >= 0.6 is 11.8 Å². The lowest BCUT2D eigenvalue weighted by Crippen LogP contribution is -2.46. The van der Waals surface area contributed by atoms with Gasteiger partial charge in [-0.25, -0.2) is 14.0 Å². The van der Waals surface area contributed by atoms with Crippen LogP contribution in [0.4, 0.5) is 14.9 Å². The van der Waals surface area contributed by atoms with Crippen LogP contribution in [0.2, 0.25) is 0 Å². The summed E-state index contributed by atoms with van der Waals surface area (Å²) in [6, 6.07) is 9.74. The van der Waals surface area contributed by atoms with Gasteiger partial charge in [-0.05, 0) is 37.3 Å². The lowest BCUT2D eigenvalue weighted by molar-refractivity contribution is 0.0600. The number of ether oxygens (including phenoxy) is 1. The van der Waals surface area contributed by atoms with Gasteiger partial charge in [0, 0.05) is 47.8 Å². The molecular weight excluding hydrogens is 431 g/mol. The number of hydrogen-bond acceptors (Lipinski definition) is 5. The van der Waals surface area contributed by atoms with Gasteiger partial charge in [0.2, 0.25) is 0 Å². The van der Waals surface area contributed by atoms with E-state index in [1.54, 1.807) is 16.0 Å². The molecule has 1 aromatic heterocycles. The number of rotatable bonds is 5. The minimum absolute atomic E-state index is 0.0432. The predicted molar refractivity (Wildman–Crippen MR) is 124 cm³/mol. The lowest BCUT2D eigenvalue weighted by atomic mass is 10.1. The third-order valence-electron chi connectivity index (χ3n) is 5.55. The third-order valence-corrected chi connectivity index (χ3v) is 6.50. The SMILES string of the molecule is CCn1ncc2ccc(N(Cc3ccc(C(=O)OC)cc3F)C(=O)N3CCSCC3)cc21. The van der Waals surface area contributed by atoms with Gasteiger partial charge in [-0.15, -0.1) is 0 Å². The van der Waals surface area contributed by atoms with E-state index in [4.69, 9.17) is 0 Å². The number of esters is 1. The Balaban J connectivity index is 1.71. The van der Waals surface area contributed by atoms with Crippen LogP contribution in [-0.2, 0) is 17.8 Å². The Morgan fingerprint density at radius 1 is 1.19 bits per heavy atom. The van der Waals surface area contributed by atoms with Crippen molar-refractivity contribution >= 4 is 40.4 Å². The first-order valence-corrected chi connectivity index (χ1v) is 11.6. The summed E-state index contributed by atoms with van der Waals surface area (Å²) < 4.78 is 21.4. The van der Waals surface area contributed by atoms with Crippen LogP contribution in [0.1, 0.15) is 22.8 Å². The van der Waals surface area contributed by atoms with Crippen LogP contribution < -0.4 is 4.90 Å². The molecule has 2 heterocycles. The van der Waals surface area contributed by atoms with Gasteiger partial charge in [0.1, 0.15) is 5.82 Å². The van der Waals surface area contributed by atoms with Crippen LogP contribution in [-0.4, -0.2) is 58.4 Å². The Bertz CT molecular complexity index is 1140. The average Bonchev–Trinajstić information content (AvgIpc) is 3.25. The zero-order chi connectivity index (χ0) is 22.7. The second-order valence-corrected chi connectivity index (χ2v) is 8.69. The highest BCUT2D eigenvalue weighted by molar-refractivity contribution is 7.99. The van der Waals surface area contributed by atoms with Gasteiger partial charge >= 0.3 is 12.0 Å². The molecule has 0 aliphatic carbocycles. The van der Waals surface area contributed by atoms with Crippen LogP contribution in [0.3, 0.4) is 0 Å². The van der Waals surface area contributed by atoms with Gasteiger partial charge in [0.15, 0.2) is 0 Å². The van der Waals surface area contributed by atoms with E-state index in [-0.39, 0.29) is 18.1 Å². The number of carbonyl (C=O) groups excluding carboxylic acids is 2. The molecule has 3 aromatic rings. The van der Waals surface area contributed by atoms with E-state index in [1.165, 1.54) is 19.2 Å². The molecule has 0 saturated carbocycles. The molecule has 4 rings (SSSR count). The lowest BCUT2D eigenvalue weighted by Gasteiger charge is -2.33. The molecule has 0 radical (unpaired) electrons. The largest absolute Gasteiger partial charge is 0.465 e. The van der Waals surface area contributed by atoms with E-state index < -0.39 is 11.8 Å². The van der Waals surface area contributed by atoms with Crippen molar-refractivity contribution in [1.82, 2.24) is 14.7 Å². The second-order valence-electron chi connectivity index (χ2n) is 7.47. The molecule has 32 heavy (non-hydrogen) atoms. The zero-order valence-electron chi connectivity index (χ0n) is 18.1. The molecular formula is C23H25FN4O3S. The molecule has 0 atom stereocenters. The Hall–Kier alpha value is -3.07. The number of thioether (sulfide) groups is 1. The molecule has 9 heteroatoms. The second kappa shape index (κ2) is 9.60. The monoisotopic (exact) mass is 456 g/mol. The van der Waals surface area contributed by atoms with E-state index in [2.05, 4.69) is 9.84 Å². The van der Waals surface area contributed by atoms with Crippen LogP contribution in [0.15, 0.2) is 42.6 Å². The van der Waals surface area contributed by atoms with Crippen molar-refractivity contribution < 1.29 is 18.7 Å². The fraction of sp³-hybridized carbons (Fsp3) is 0.348. The van der Waals surface area contributed by atoms with Gasteiger partial charge in [-0.2, -0.15) is 16.9 Å². The highest BCUT2D eigenvalue weighted by Gasteiger charge is 2.26. The van der Waals surface area contributed by atoms with Gasteiger partial charge in [0.05, 0.1) is 30.9 Å². The van der Waals surface area contributed by atoms with Crippen molar-refractivity contribution in [2.45, 2.75) is 20.0 Å². The number of urea groups is 1. The molecule has 0 spiro atoms. The number of nitrogens with zero attached hydrogens (tertiary/aromatic N) is 4. The number of amides is 2. The Morgan fingerprint density at radius 2 is 1.97 bits per heavy atom. The van der Waals surface area contributed by atoms with Gasteiger partial charge < -0.3 is 9.64 Å². The highest BCUT2D eigenvalue weighted by atomic mass is 32.2. The Kier molecular flexibility index (Phi) is 6.64. The third kappa shape index (κ3) is 4.43. The summed E-state index contributed by atoms with van der Waals surface area (Å²) in [5, 5.41) is 5.36. The van der Waals surface area contributed by atoms with E-state index in [0.717, 1.165) is 28.5 Å². The Morgan fingerprint density at radius 3 is 2.66 bits per heavy atom. The summed E-state index contributed by atoms with van der Waals surface area (Å²) in [7, 11) is 1.25. The maximum atomic E-state index is 14.9. The molecule has 0 N–H and O–H groups in total. The van der Waals surface area contributed by atoms with Crippen LogP contribution in [0.25, 0.3) is 10.9 Å². The summed E-state index contributed by atoms with van der Waals surface area (Å²) in [5.74, 6) is 0.597. The standard InChI is InChI=1S/C23H25FN4O3S/c1-3-28-21-13-19(7-6-17(21)14-25-28)27(23(30)26-8-10-32-11-9-26)15-18-5-4-16(12-20(18)24)22(29)31-2/h4-7,12-14H,3,8-11,15H2,1-2H3. The predicted octanol–water partition coefficient (Wildman–Crippen LogP) is 4.16. The fourth-order valence-electron chi connectivity index (χ4n) is 3.76. The molecule has 0 bridgehead atoms. The van der Waals surface area contributed by atoms with Crippen molar-refractivity contribution in [3.63, 3.8) is 0 Å². The average molecular weight is 457 g/mol. The maximum absolute atomic E-state index is 14.9. The van der Waals surface area contributed by atoms with Crippen molar-refractivity contribution in [2.75, 3.05) is 36.6 Å². The van der Waals surface area contributed by atoms with Crippen molar-refractivity contribution in [1.29, 1.82) is 0 Å². The number of benzene rings is 2. The first-order chi connectivity index (χ1) is 15.5. The Labute approximate surface area is 190 Å². The smallest absolute Gasteiger partial charge is 0.337 e. The van der Waals surface area contributed by atoms with E-state index >= 15 is 0 Å². The van der Waals surface area contributed by atoms with E-state index in [1.807, 2.05) is 41.6 Å². The molecule has 7 nitrogen and oxygen atoms in total. The van der Waals surface area contributed by atoms with Gasteiger partial charge in [-0.3, -0.25) is 9.58 Å². The normalized spacial score (nSPS) is 13.9. The number of halogens is 1. The molecule has 1 aliphatic rings. The molecule has 1 aliphatic heterocycles. The first kappa shape index (κ1) is 22.1. The first-order valence-electron chi connectivity index (χ1n) is 10.5. The summed E-state index contributed by atoms with van der Waals surface area (Å²) in [6.07, 6.45) is 1.79. The number of carbonyl (C=O) groups is 2. The number of fused-ring (bicyclic) bond motifs is 1. The summed E-state index contributed by atoms with van der Waals surface area (Å²) in [4.78, 5) is 28.6. The number of hydrogen-bond donors (Lipinski definition) is 0. The van der Waals surface area contributed by atoms with Gasteiger partial charge in [-0.1, -0.05) is 6.07 Å². The molecule has 1 fully saturated rings. The minimum atomic E-state index is -0.604. The topological polar surface area (TPSA) is 67.7 Å². The van der Waals surface area contributed by atoms with Crippen molar-refractivity contribution in [3.8, 4) is 0 Å². The molecule has 2 aromatic carbocycles.